The molecule has 1 saturated heterocycles. The summed E-state index contributed by atoms with van der Waals surface area (Å²) in [5, 5.41) is 11.6. The van der Waals surface area contributed by atoms with Crippen molar-refractivity contribution in [1.82, 2.24) is 4.90 Å². The predicted molar refractivity (Wildman–Crippen MR) is 112 cm³/mol. The van der Waals surface area contributed by atoms with Crippen LogP contribution in [0, 0.1) is 16.0 Å². The lowest BCUT2D eigenvalue weighted by Gasteiger charge is -2.31. The summed E-state index contributed by atoms with van der Waals surface area (Å²) in [6.45, 7) is 1.25. The van der Waals surface area contributed by atoms with Crippen LogP contribution in [0.25, 0.3) is 17.4 Å². The first-order chi connectivity index (χ1) is 14.4. The lowest BCUT2D eigenvalue weighted by atomic mass is 9.97. The highest BCUT2D eigenvalue weighted by atomic mass is 32.2. The number of non-ortho nitro benzene ring substituents is 1. The molecule has 0 radical (unpaired) electrons. The van der Waals surface area contributed by atoms with Crippen LogP contribution in [0.1, 0.15) is 18.6 Å². The van der Waals surface area contributed by atoms with Gasteiger partial charge in [-0.15, -0.1) is 0 Å². The Morgan fingerprint density at radius 1 is 1.30 bits per heavy atom. The Hall–Kier alpha value is -3.40. The molecular formula is C20H18N4O5S. The zero-order chi connectivity index (χ0) is 21.3. The number of nitro groups is 1. The summed E-state index contributed by atoms with van der Waals surface area (Å²) in [4.78, 5) is 40.6. The molecule has 2 N–H and O–H groups in total. The number of thioether (sulfide) groups is 1. The second kappa shape index (κ2) is 8.15. The molecule has 0 unspecified atom stereocenters. The standard InChI is InChI=1S/C20H18N4O5S/c21-18(25)12-6-8-23(9-7-12)20-22-19(26)17(30-20)11-15-4-5-16(29-15)13-2-1-3-14(10-13)24(27)28/h1-5,10-12H,6-9H2,(H2,21,25). The van der Waals surface area contributed by atoms with Gasteiger partial charge in [-0.3, -0.25) is 19.7 Å². The number of aliphatic imine (C=N–C) groups is 1. The maximum Gasteiger partial charge on any atom is 0.286 e. The normalized spacial score (nSPS) is 18.7. The van der Waals surface area contributed by atoms with E-state index in [0.717, 1.165) is 0 Å². The molecule has 1 fully saturated rings. The minimum atomic E-state index is -0.464. The van der Waals surface area contributed by atoms with Crippen LogP contribution in [0.15, 0.2) is 50.7 Å². The topological polar surface area (TPSA) is 132 Å². The summed E-state index contributed by atoms with van der Waals surface area (Å²) in [5.74, 6) is 0.159. The number of furan rings is 1. The van der Waals surface area contributed by atoms with Gasteiger partial charge in [0.05, 0.1) is 9.83 Å². The third kappa shape index (κ3) is 4.13. The summed E-state index contributed by atoms with van der Waals surface area (Å²) >= 11 is 1.26. The number of nitrogens with zero attached hydrogens (tertiary/aromatic N) is 3. The zero-order valence-corrected chi connectivity index (χ0v) is 16.6. The first kappa shape index (κ1) is 19.9. The number of hydrogen-bond acceptors (Lipinski definition) is 7. The number of primary amides is 1. The van der Waals surface area contributed by atoms with Gasteiger partial charge in [-0.25, -0.2) is 0 Å². The van der Waals surface area contributed by atoms with E-state index in [4.69, 9.17) is 10.2 Å². The number of nitro benzene ring substituents is 1. The molecule has 1 aromatic carbocycles. The molecule has 0 saturated carbocycles. The molecule has 0 spiro atoms. The maximum atomic E-state index is 12.3. The molecule has 0 bridgehead atoms. The summed E-state index contributed by atoms with van der Waals surface area (Å²) < 4.78 is 5.76. The van der Waals surface area contributed by atoms with Gasteiger partial charge in [0.15, 0.2) is 5.17 Å². The largest absolute Gasteiger partial charge is 0.457 e. The minimum absolute atomic E-state index is 0.0246. The van der Waals surface area contributed by atoms with Gasteiger partial charge in [0.25, 0.3) is 11.6 Å². The molecule has 2 aliphatic heterocycles. The van der Waals surface area contributed by atoms with Gasteiger partial charge >= 0.3 is 0 Å². The number of hydrogen-bond donors (Lipinski definition) is 1. The van der Waals surface area contributed by atoms with Gasteiger partial charge in [-0.2, -0.15) is 4.99 Å². The van der Waals surface area contributed by atoms with Crippen LogP contribution in [-0.2, 0) is 9.59 Å². The van der Waals surface area contributed by atoms with Gasteiger partial charge in [-0.1, -0.05) is 12.1 Å². The minimum Gasteiger partial charge on any atom is -0.457 e. The second-order valence-corrected chi connectivity index (χ2v) is 7.99. The maximum absolute atomic E-state index is 12.3. The summed E-state index contributed by atoms with van der Waals surface area (Å²) in [5.41, 5.74) is 5.92. The van der Waals surface area contributed by atoms with Crippen molar-refractivity contribution in [3.8, 4) is 11.3 Å². The van der Waals surface area contributed by atoms with Gasteiger partial charge in [0.2, 0.25) is 5.91 Å². The van der Waals surface area contributed by atoms with E-state index in [-0.39, 0.29) is 23.4 Å². The van der Waals surface area contributed by atoms with Crippen LogP contribution in [0.2, 0.25) is 0 Å². The summed E-state index contributed by atoms with van der Waals surface area (Å²) in [7, 11) is 0. The number of amides is 2. The molecule has 3 heterocycles. The molecule has 1 aromatic heterocycles. The molecule has 0 atom stereocenters. The third-order valence-electron chi connectivity index (χ3n) is 5.02. The number of amidine groups is 1. The summed E-state index contributed by atoms with van der Waals surface area (Å²) in [6.07, 6.45) is 2.90. The second-order valence-electron chi connectivity index (χ2n) is 6.98. The van der Waals surface area contributed by atoms with Crippen LogP contribution in [-0.4, -0.2) is 39.9 Å². The molecule has 2 aliphatic rings. The van der Waals surface area contributed by atoms with Crippen molar-refractivity contribution in [1.29, 1.82) is 0 Å². The first-order valence-electron chi connectivity index (χ1n) is 9.32. The molecule has 9 nitrogen and oxygen atoms in total. The van der Waals surface area contributed by atoms with Gasteiger partial charge in [0, 0.05) is 42.8 Å². The summed E-state index contributed by atoms with van der Waals surface area (Å²) in [6, 6.07) is 9.55. The van der Waals surface area contributed by atoms with Crippen molar-refractivity contribution in [3.63, 3.8) is 0 Å². The van der Waals surface area contributed by atoms with E-state index < -0.39 is 4.92 Å². The Morgan fingerprint density at radius 3 is 2.77 bits per heavy atom. The number of benzene rings is 1. The first-order valence-corrected chi connectivity index (χ1v) is 10.1. The van der Waals surface area contributed by atoms with Crippen molar-refractivity contribution < 1.29 is 18.9 Å². The van der Waals surface area contributed by atoms with Crippen LogP contribution < -0.4 is 5.73 Å². The van der Waals surface area contributed by atoms with E-state index >= 15 is 0 Å². The Morgan fingerprint density at radius 2 is 2.07 bits per heavy atom. The average Bonchev–Trinajstić information content (AvgIpc) is 3.35. The van der Waals surface area contributed by atoms with Crippen molar-refractivity contribution in [3.05, 3.63) is 57.2 Å². The monoisotopic (exact) mass is 426 g/mol. The predicted octanol–water partition coefficient (Wildman–Crippen LogP) is 3.02. The van der Waals surface area contributed by atoms with Crippen LogP contribution in [0.3, 0.4) is 0 Å². The molecule has 10 heteroatoms. The third-order valence-corrected chi connectivity index (χ3v) is 6.06. The number of carbonyl (C=O) groups excluding carboxylic acids is 2. The molecular weight excluding hydrogens is 408 g/mol. The van der Waals surface area contributed by atoms with E-state index in [9.17, 15) is 19.7 Å². The Kier molecular flexibility index (Phi) is 5.40. The molecule has 30 heavy (non-hydrogen) atoms. The number of piperidine rings is 1. The van der Waals surface area contributed by atoms with E-state index in [0.29, 0.717) is 53.1 Å². The lowest BCUT2D eigenvalue weighted by molar-refractivity contribution is -0.384. The van der Waals surface area contributed by atoms with E-state index in [1.54, 1.807) is 30.3 Å². The average molecular weight is 426 g/mol. The van der Waals surface area contributed by atoms with Crippen molar-refractivity contribution >= 4 is 40.5 Å². The van der Waals surface area contributed by atoms with Crippen molar-refractivity contribution in [2.24, 2.45) is 16.6 Å². The van der Waals surface area contributed by atoms with Gasteiger partial charge in [-0.05, 0) is 36.7 Å². The lowest BCUT2D eigenvalue weighted by Crippen LogP contribution is -2.40. The van der Waals surface area contributed by atoms with Gasteiger partial charge in [0.1, 0.15) is 11.5 Å². The van der Waals surface area contributed by atoms with Crippen LogP contribution in [0.4, 0.5) is 5.69 Å². The molecule has 2 amide bonds. The fourth-order valence-electron chi connectivity index (χ4n) is 3.38. The highest BCUT2D eigenvalue weighted by molar-refractivity contribution is 8.18. The Labute approximate surface area is 175 Å². The zero-order valence-electron chi connectivity index (χ0n) is 15.8. The fraction of sp³-hybridized carbons (Fsp3) is 0.250. The van der Waals surface area contributed by atoms with Crippen molar-refractivity contribution in [2.45, 2.75) is 12.8 Å². The Bertz CT molecular complexity index is 1080. The number of nitrogens with two attached hydrogens (primary N) is 1. The fourth-order valence-corrected chi connectivity index (χ4v) is 4.32. The van der Waals surface area contributed by atoms with E-state index in [2.05, 4.69) is 4.99 Å². The number of carbonyl (C=O) groups is 2. The highest BCUT2D eigenvalue weighted by Gasteiger charge is 2.30. The highest BCUT2D eigenvalue weighted by Crippen LogP contribution is 2.33. The van der Waals surface area contributed by atoms with Crippen LogP contribution in [0.5, 0.6) is 0 Å². The molecule has 2 aromatic rings. The van der Waals surface area contributed by atoms with Crippen LogP contribution >= 0.6 is 11.8 Å². The quantitative estimate of drug-likeness (QED) is 0.451. The Balaban J connectivity index is 1.45. The number of rotatable bonds is 4. The smallest absolute Gasteiger partial charge is 0.286 e. The molecule has 154 valence electrons. The SMILES string of the molecule is NC(=O)C1CCN(C2=NC(=O)C(=Cc3ccc(-c4cccc([N+](=O)[O-])c4)o3)S2)CC1. The van der Waals surface area contributed by atoms with E-state index in [1.807, 2.05) is 4.90 Å². The molecule has 0 aliphatic carbocycles. The number of likely N-dealkylation sites (tertiary alicyclic amines) is 1. The van der Waals surface area contributed by atoms with Gasteiger partial charge < -0.3 is 15.1 Å². The van der Waals surface area contributed by atoms with Crippen molar-refractivity contribution in [2.75, 3.05) is 13.1 Å². The van der Waals surface area contributed by atoms with E-state index in [1.165, 1.54) is 23.9 Å². The molecule has 4 rings (SSSR count).